The number of fused-ring (bicyclic) bond motifs is 1. The summed E-state index contributed by atoms with van der Waals surface area (Å²) in [5, 5.41) is 0. The van der Waals surface area contributed by atoms with Crippen molar-refractivity contribution >= 4 is 11.6 Å². The van der Waals surface area contributed by atoms with E-state index in [1.54, 1.807) is 0 Å². The molecule has 2 rings (SSSR count). The van der Waals surface area contributed by atoms with Gasteiger partial charge in [0.15, 0.2) is 11.5 Å². The SMILES string of the molecule is Cc1cc2c(cc1CCCl)OCO2. The lowest BCUT2D eigenvalue weighted by atomic mass is 10.1. The van der Waals surface area contributed by atoms with E-state index < -0.39 is 0 Å². The Hall–Kier alpha value is -0.890. The van der Waals surface area contributed by atoms with E-state index in [2.05, 4.69) is 6.92 Å². The maximum atomic E-state index is 5.69. The number of hydrogen-bond acceptors (Lipinski definition) is 2. The lowest BCUT2D eigenvalue weighted by molar-refractivity contribution is 0.174. The summed E-state index contributed by atoms with van der Waals surface area (Å²) in [5.74, 6) is 2.32. The predicted octanol–water partition coefficient (Wildman–Crippen LogP) is 2.51. The molecule has 0 fully saturated rings. The van der Waals surface area contributed by atoms with Crippen LogP contribution in [-0.4, -0.2) is 12.7 Å². The summed E-state index contributed by atoms with van der Waals surface area (Å²) < 4.78 is 10.5. The second-order valence-corrected chi connectivity index (χ2v) is 3.45. The third kappa shape index (κ3) is 1.59. The van der Waals surface area contributed by atoms with Gasteiger partial charge in [0.2, 0.25) is 6.79 Å². The summed E-state index contributed by atoms with van der Waals surface area (Å²) in [7, 11) is 0. The monoisotopic (exact) mass is 198 g/mol. The Bertz CT molecular complexity index is 323. The minimum Gasteiger partial charge on any atom is -0.454 e. The highest BCUT2D eigenvalue weighted by atomic mass is 35.5. The molecule has 0 radical (unpaired) electrons. The van der Waals surface area contributed by atoms with Gasteiger partial charge in [-0.05, 0) is 36.6 Å². The molecule has 0 spiro atoms. The molecular weight excluding hydrogens is 188 g/mol. The number of aryl methyl sites for hydroxylation is 2. The molecule has 1 aromatic carbocycles. The van der Waals surface area contributed by atoms with Gasteiger partial charge in [0.05, 0.1) is 0 Å². The Morgan fingerprint density at radius 2 is 2.00 bits per heavy atom. The Kier molecular flexibility index (Phi) is 2.32. The van der Waals surface area contributed by atoms with Crippen LogP contribution in [-0.2, 0) is 6.42 Å². The highest BCUT2D eigenvalue weighted by Crippen LogP contribution is 2.34. The minimum atomic E-state index is 0.332. The number of ether oxygens (including phenoxy) is 2. The van der Waals surface area contributed by atoms with Crippen LogP contribution in [0.3, 0.4) is 0 Å². The van der Waals surface area contributed by atoms with Crippen LogP contribution in [0.15, 0.2) is 12.1 Å². The van der Waals surface area contributed by atoms with E-state index in [0.717, 1.165) is 17.9 Å². The lowest BCUT2D eigenvalue weighted by Gasteiger charge is -2.05. The molecule has 13 heavy (non-hydrogen) atoms. The fourth-order valence-electron chi connectivity index (χ4n) is 1.46. The Labute approximate surface area is 82.4 Å². The van der Waals surface area contributed by atoms with Gasteiger partial charge in [-0.3, -0.25) is 0 Å². The molecule has 0 N–H and O–H groups in total. The van der Waals surface area contributed by atoms with Crippen molar-refractivity contribution < 1.29 is 9.47 Å². The summed E-state index contributed by atoms with van der Waals surface area (Å²) in [5.41, 5.74) is 2.45. The molecule has 0 unspecified atom stereocenters. The van der Waals surface area contributed by atoms with Gasteiger partial charge in [-0.1, -0.05) is 0 Å². The van der Waals surface area contributed by atoms with E-state index in [1.807, 2.05) is 12.1 Å². The van der Waals surface area contributed by atoms with Crippen LogP contribution in [0.5, 0.6) is 11.5 Å². The van der Waals surface area contributed by atoms with Crippen LogP contribution in [0.4, 0.5) is 0 Å². The van der Waals surface area contributed by atoms with Crippen LogP contribution in [0, 0.1) is 6.92 Å². The minimum absolute atomic E-state index is 0.332. The fourth-order valence-corrected chi connectivity index (χ4v) is 1.66. The van der Waals surface area contributed by atoms with E-state index in [-0.39, 0.29) is 0 Å². The average molecular weight is 199 g/mol. The molecule has 0 aliphatic carbocycles. The normalized spacial score (nSPS) is 13.4. The van der Waals surface area contributed by atoms with E-state index in [4.69, 9.17) is 21.1 Å². The van der Waals surface area contributed by atoms with Crippen LogP contribution in [0.25, 0.3) is 0 Å². The zero-order valence-corrected chi connectivity index (χ0v) is 8.23. The van der Waals surface area contributed by atoms with Gasteiger partial charge in [-0.2, -0.15) is 0 Å². The van der Waals surface area contributed by atoms with Crippen molar-refractivity contribution in [2.45, 2.75) is 13.3 Å². The highest BCUT2D eigenvalue weighted by molar-refractivity contribution is 6.18. The third-order valence-electron chi connectivity index (χ3n) is 2.19. The number of hydrogen-bond donors (Lipinski definition) is 0. The molecular formula is C10H11ClO2. The van der Waals surface area contributed by atoms with Gasteiger partial charge in [0, 0.05) is 5.88 Å². The van der Waals surface area contributed by atoms with Crippen molar-refractivity contribution in [2.75, 3.05) is 12.7 Å². The Morgan fingerprint density at radius 3 is 2.69 bits per heavy atom. The first kappa shape index (κ1) is 8.70. The zero-order valence-electron chi connectivity index (χ0n) is 7.47. The standard InChI is InChI=1S/C10H11ClO2/c1-7-4-9-10(13-6-12-9)5-8(7)2-3-11/h4-5H,2-3,6H2,1H3. The molecule has 1 aliphatic rings. The smallest absolute Gasteiger partial charge is 0.231 e. The van der Waals surface area contributed by atoms with Crippen LogP contribution in [0.2, 0.25) is 0 Å². The maximum absolute atomic E-state index is 5.69. The van der Waals surface area contributed by atoms with Crippen LogP contribution < -0.4 is 9.47 Å². The van der Waals surface area contributed by atoms with Crippen molar-refractivity contribution in [3.05, 3.63) is 23.3 Å². The average Bonchev–Trinajstić information content (AvgIpc) is 2.52. The fraction of sp³-hybridized carbons (Fsp3) is 0.400. The predicted molar refractivity (Wildman–Crippen MR) is 51.7 cm³/mol. The summed E-state index contributed by atoms with van der Waals surface area (Å²) in [6, 6.07) is 4.02. The van der Waals surface area contributed by atoms with Crippen molar-refractivity contribution in [3.63, 3.8) is 0 Å². The molecule has 0 saturated heterocycles. The van der Waals surface area contributed by atoms with Crippen LogP contribution in [0.1, 0.15) is 11.1 Å². The van der Waals surface area contributed by atoms with Crippen molar-refractivity contribution in [2.24, 2.45) is 0 Å². The first-order chi connectivity index (χ1) is 6.31. The molecule has 2 nitrogen and oxygen atoms in total. The number of halogens is 1. The number of alkyl halides is 1. The number of benzene rings is 1. The molecule has 0 bridgehead atoms. The molecule has 0 aromatic heterocycles. The molecule has 1 heterocycles. The molecule has 0 amide bonds. The Morgan fingerprint density at radius 1 is 1.31 bits per heavy atom. The molecule has 1 aliphatic heterocycles. The maximum Gasteiger partial charge on any atom is 0.231 e. The molecule has 0 saturated carbocycles. The number of rotatable bonds is 2. The van der Waals surface area contributed by atoms with Gasteiger partial charge in [-0.15, -0.1) is 11.6 Å². The first-order valence-electron chi connectivity index (χ1n) is 4.26. The summed E-state index contributed by atoms with van der Waals surface area (Å²) in [6.07, 6.45) is 0.879. The molecule has 70 valence electrons. The highest BCUT2D eigenvalue weighted by Gasteiger charge is 2.14. The van der Waals surface area contributed by atoms with Crippen molar-refractivity contribution in [1.29, 1.82) is 0 Å². The molecule has 3 heteroatoms. The lowest BCUT2D eigenvalue weighted by Crippen LogP contribution is -1.93. The van der Waals surface area contributed by atoms with Gasteiger partial charge in [0.1, 0.15) is 0 Å². The second kappa shape index (κ2) is 3.46. The van der Waals surface area contributed by atoms with E-state index in [0.29, 0.717) is 12.7 Å². The van der Waals surface area contributed by atoms with Crippen molar-refractivity contribution in [3.8, 4) is 11.5 Å². The molecule has 0 atom stereocenters. The topological polar surface area (TPSA) is 18.5 Å². The second-order valence-electron chi connectivity index (χ2n) is 3.07. The van der Waals surface area contributed by atoms with Gasteiger partial charge >= 0.3 is 0 Å². The third-order valence-corrected chi connectivity index (χ3v) is 2.38. The summed E-state index contributed by atoms with van der Waals surface area (Å²) >= 11 is 5.69. The van der Waals surface area contributed by atoms with Gasteiger partial charge in [0.25, 0.3) is 0 Å². The zero-order chi connectivity index (χ0) is 9.26. The first-order valence-corrected chi connectivity index (χ1v) is 4.80. The largest absolute Gasteiger partial charge is 0.454 e. The van der Waals surface area contributed by atoms with Crippen LogP contribution >= 0.6 is 11.6 Å². The summed E-state index contributed by atoms with van der Waals surface area (Å²) in [4.78, 5) is 0. The molecule has 1 aromatic rings. The van der Waals surface area contributed by atoms with Crippen molar-refractivity contribution in [1.82, 2.24) is 0 Å². The Balaban J connectivity index is 2.37. The van der Waals surface area contributed by atoms with E-state index >= 15 is 0 Å². The van der Waals surface area contributed by atoms with Gasteiger partial charge in [-0.25, -0.2) is 0 Å². The summed E-state index contributed by atoms with van der Waals surface area (Å²) in [6.45, 7) is 2.39. The van der Waals surface area contributed by atoms with Gasteiger partial charge < -0.3 is 9.47 Å². The quantitative estimate of drug-likeness (QED) is 0.680. The van der Waals surface area contributed by atoms with E-state index in [1.165, 1.54) is 11.1 Å². The van der Waals surface area contributed by atoms with E-state index in [9.17, 15) is 0 Å².